The van der Waals surface area contributed by atoms with Crippen LogP contribution in [0.2, 0.25) is 0 Å². The van der Waals surface area contributed by atoms with Gasteiger partial charge in [-0.05, 0) is 92.9 Å². The Kier molecular flexibility index (Phi) is 16.4. The van der Waals surface area contributed by atoms with Gasteiger partial charge in [-0.2, -0.15) is 16.8 Å². The number of rotatable bonds is 22. The highest BCUT2D eigenvalue weighted by Gasteiger charge is 2.39. The third-order valence-corrected chi connectivity index (χ3v) is 13.1. The predicted octanol–water partition coefficient (Wildman–Crippen LogP) is 7.17. The summed E-state index contributed by atoms with van der Waals surface area (Å²) < 4.78 is 67.2. The average molecular weight is 855 g/mol. The number of anilines is 2. The van der Waals surface area contributed by atoms with Gasteiger partial charge in [-0.3, -0.25) is 28.4 Å². The third-order valence-electron chi connectivity index (χ3n) is 11.4. The van der Waals surface area contributed by atoms with E-state index in [-0.39, 0.29) is 46.8 Å². The molecule has 4 N–H and O–H groups in total. The molecule has 0 radical (unpaired) electrons. The van der Waals surface area contributed by atoms with E-state index < -0.39 is 36.6 Å². The molecule has 0 bridgehead atoms. The molecule has 1 aliphatic heterocycles. The van der Waals surface area contributed by atoms with E-state index in [4.69, 9.17) is 0 Å². The number of carbonyl (C=O) groups is 3. The number of fused-ring (bicyclic) bond motifs is 1. The molecule has 59 heavy (non-hydrogen) atoms. The van der Waals surface area contributed by atoms with Crippen LogP contribution in [0, 0.1) is 0 Å². The molecular formula is C44H62N4O9S2. The van der Waals surface area contributed by atoms with Gasteiger partial charge in [-0.15, -0.1) is 0 Å². The molecule has 0 fully saturated rings. The maximum atomic E-state index is 12.8. The van der Waals surface area contributed by atoms with Crippen LogP contribution in [-0.4, -0.2) is 87.6 Å². The van der Waals surface area contributed by atoms with Crippen LogP contribution in [0.15, 0.2) is 94.4 Å². The maximum absolute atomic E-state index is 12.8. The molecule has 0 spiro atoms. The second kappa shape index (κ2) is 19.8. The highest BCUT2D eigenvalue weighted by molar-refractivity contribution is 7.86. The number of likely N-dealkylation sites (N-methyl/N-ethyl adjacent to an activating group) is 2. The van der Waals surface area contributed by atoms with Gasteiger partial charge in [0.15, 0.2) is 5.78 Å². The smallest absolute Gasteiger partial charge is 0.294 e. The summed E-state index contributed by atoms with van der Waals surface area (Å²) in [4.78, 5) is 40.4. The quantitative estimate of drug-likeness (QED) is 0.0531. The van der Waals surface area contributed by atoms with Crippen molar-refractivity contribution in [2.24, 2.45) is 0 Å². The van der Waals surface area contributed by atoms with Crippen LogP contribution in [0.4, 0.5) is 11.4 Å². The number of carbonyl (C=O) groups excluding carboxylic acids is 3. The van der Waals surface area contributed by atoms with Crippen LogP contribution >= 0.6 is 0 Å². The van der Waals surface area contributed by atoms with Crippen LogP contribution in [0.5, 0.6) is 0 Å². The largest absolute Gasteiger partial charge is 0.385 e. The number of nitrogens with one attached hydrogen (secondary N) is 2. The molecule has 0 saturated carbocycles. The Hall–Kier alpha value is -4.41. The van der Waals surface area contributed by atoms with E-state index in [1.807, 2.05) is 70.0 Å². The first-order valence-electron chi connectivity index (χ1n) is 19.8. The molecular weight excluding hydrogens is 793 g/mol. The van der Waals surface area contributed by atoms with Gasteiger partial charge >= 0.3 is 0 Å². The lowest BCUT2D eigenvalue weighted by Gasteiger charge is -2.33. The Morgan fingerprint density at radius 3 is 2.14 bits per heavy atom. The zero-order valence-corrected chi connectivity index (χ0v) is 37.5. The first-order chi connectivity index (χ1) is 27.3. The first-order valence-corrected chi connectivity index (χ1v) is 22.6. The summed E-state index contributed by atoms with van der Waals surface area (Å²) in [6, 6.07) is 8.96. The summed E-state index contributed by atoms with van der Waals surface area (Å²) >= 11 is 0. The van der Waals surface area contributed by atoms with E-state index >= 15 is 0 Å². The minimum atomic E-state index is -4.48. The fourth-order valence-corrected chi connectivity index (χ4v) is 7.92. The third kappa shape index (κ3) is 12.6. The molecule has 1 aliphatic rings. The molecule has 1 heterocycles. The Morgan fingerprint density at radius 2 is 1.51 bits per heavy atom. The minimum Gasteiger partial charge on any atom is -0.385 e. The topological polar surface area (TPSA) is 190 Å². The average Bonchev–Trinajstić information content (AvgIpc) is 3.34. The van der Waals surface area contributed by atoms with Crippen molar-refractivity contribution in [2.45, 2.75) is 113 Å². The zero-order chi connectivity index (χ0) is 44.6. The highest BCUT2D eigenvalue weighted by atomic mass is 32.2. The standard InChI is InChI=1S/C44H62N4O9S2/c1-11-32(49)30-47(9)44(7,8)40(50)25-27-46-41(51)20-16-13-17-26-45-37-23-21-33(58(52,53)54)28-35(37)42(3,4)31(2)18-14-12-15-19-39-43(5,6)36-29-34(59(55,56)57)22-24-38(36)48(39)10/h12,14-15,18-19,21-24,28-29,45H,2,11,13,16-17,20,25-27,30H2,1,3-10H3,(H,46,51)(H,52,53,54)(H,55,56,57)/b15-12+,18-14+,39-19+. The molecule has 2 aromatic carbocycles. The van der Waals surface area contributed by atoms with Gasteiger partial charge in [-0.1, -0.05) is 71.9 Å². The lowest BCUT2D eigenvalue weighted by Crippen LogP contribution is -2.50. The highest BCUT2D eigenvalue weighted by Crippen LogP contribution is 2.47. The molecule has 2 aromatic rings. The van der Waals surface area contributed by atoms with E-state index in [0.717, 1.165) is 29.8 Å². The van der Waals surface area contributed by atoms with Crippen molar-refractivity contribution in [1.82, 2.24) is 10.2 Å². The fourth-order valence-electron chi connectivity index (χ4n) is 6.90. The lowest BCUT2D eigenvalue weighted by molar-refractivity contribution is -0.130. The van der Waals surface area contributed by atoms with E-state index in [1.54, 1.807) is 44.9 Å². The number of allylic oxidation sites excluding steroid dienone is 7. The van der Waals surface area contributed by atoms with Crippen molar-refractivity contribution >= 4 is 49.1 Å². The Bertz CT molecular complexity index is 2220. The summed E-state index contributed by atoms with van der Waals surface area (Å²) in [7, 11) is -5.19. The number of hydrogen-bond acceptors (Lipinski definition) is 10. The first kappa shape index (κ1) is 49.0. The van der Waals surface area contributed by atoms with Crippen LogP contribution in [-0.2, 0) is 45.4 Å². The second-order valence-corrected chi connectivity index (χ2v) is 19.4. The molecule has 0 atom stereocenters. The minimum absolute atomic E-state index is 0.0554. The van der Waals surface area contributed by atoms with Crippen molar-refractivity contribution in [3.8, 4) is 0 Å². The molecule has 13 nitrogen and oxygen atoms in total. The van der Waals surface area contributed by atoms with E-state index in [2.05, 4.69) is 17.2 Å². The lowest BCUT2D eigenvalue weighted by atomic mass is 9.77. The molecule has 1 amide bonds. The zero-order valence-electron chi connectivity index (χ0n) is 35.9. The Balaban J connectivity index is 1.59. The summed E-state index contributed by atoms with van der Waals surface area (Å²) in [5.74, 6) is -0.139. The monoisotopic (exact) mass is 854 g/mol. The molecule has 0 aromatic heterocycles. The van der Waals surface area contributed by atoms with E-state index in [0.29, 0.717) is 42.6 Å². The van der Waals surface area contributed by atoms with Crippen molar-refractivity contribution in [1.29, 1.82) is 0 Å². The number of ketones is 2. The maximum Gasteiger partial charge on any atom is 0.294 e. The van der Waals surface area contributed by atoms with E-state index in [9.17, 15) is 40.3 Å². The SMILES string of the molecule is C=C(/C=C/C=C/C=C1/N(C)c2ccc(S(=O)(=O)O)cc2C1(C)C)C(C)(C)c1cc(S(=O)(=O)O)ccc1NCCCCCC(=O)NCCC(=O)C(C)(C)N(C)CC(=O)CC. The number of hydrogen-bond donors (Lipinski definition) is 4. The van der Waals surface area contributed by atoms with Gasteiger partial charge in [0.1, 0.15) is 5.78 Å². The van der Waals surface area contributed by atoms with Crippen molar-refractivity contribution in [3.63, 3.8) is 0 Å². The normalized spacial score (nSPS) is 15.3. The van der Waals surface area contributed by atoms with Gasteiger partial charge in [0.25, 0.3) is 20.2 Å². The van der Waals surface area contributed by atoms with Crippen molar-refractivity contribution < 1.29 is 40.3 Å². The molecule has 0 aliphatic carbocycles. The summed E-state index contributed by atoms with van der Waals surface area (Å²) in [5.41, 5.74) is 2.34. The van der Waals surface area contributed by atoms with Gasteiger partial charge in [-0.25, -0.2) is 0 Å². The Labute approximate surface area is 351 Å². The summed E-state index contributed by atoms with van der Waals surface area (Å²) in [6.45, 7) is 18.4. The predicted molar refractivity (Wildman–Crippen MR) is 234 cm³/mol. The molecule has 0 saturated heterocycles. The van der Waals surface area contributed by atoms with Gasteiger partial charge in [0.05, 0.1) is 21.9 Å². The van der Waals surface area contributed by atoms with E-state index in [1.165, 1.54) is 24.3 Å². The van der Waals surface area contributed by atoms with Gasteiger partial charge < -0.3 is 15.5 Å². The number of unbranched alkanes of at least 4 members (excludes halogenated alkanes) is 2. The van der Waals surface area contributed by atoms with Crippen molar-refractivity contribution in [3.05, 3.63) is 95.8 Å². The number of nitrogens with zero attached hydrogens (tertiary/aromatic N) is 2. The van der Waals surface area contributed by atoms with Gasteiger partial charge in [0.2, 0.25) is 5.91 Å². The van der Waals surface area contributed by atoms with Crippen LogP contribution in [0.1, 0.15) is 98.1 Å². The number of Topliss-reactive ketones (excluding diaryl/α,β-unsaturated/α-hetero) is 2. The van der Waals surface area contributed by atoms with Gasteiger partial charge in [0, 0.05) is 67.3 Å². The van der Waals surface area contributed by atoms with Crippen LogP contribution in [0.25, 0.3) is 0 Å². The summed E-state index contributed by atoms with van der Waals surface area (Å²) in [6.07, 6.45) is 12.2. The van der Waals surface area contributed by atoms with Crippen LogP contribution < -0.4 is 15.5 Å². The van der Waals surface area contributed by atoms with Crippen LogP contribution in [0.3, 0.4) is 0 Å². The number of benzene rings is 2. The summed E-state index contributed by atoms with van der Waals surface area (Å²) in [5, 5.41) is 6.20. The molecule has 0 unspecified atom stereocenters. The Morgan fingerprint density at radius 1 is 0.881 bits per heavy atom. The number of amides is 1. The fraction of sp³-hybridized carbons (Fsp3) is 0.477. The second-order valence-electron chi connectivity index (χ2n) is 16.5. The molecule has 324 valence electrons. The molecule has 15 heteroatoms. The van der Waals surface area contributed by atoms with Crippen molar-refractivity contribution in [2.75, 3.05) is 43.9 Å². The molecule has 3 rings (SSSR count).